The summed E-state index contributed by atoms with van der Waals surface area (Å²) < 4.78 is 5.73. The van der Waals surface area contributed by atoms with Crippen LogP contribution in [0, 0.1) is 0 Å². The van der Waals surface area contributed by atoms with E-state index in [1.165, 1.54) is 23.6 Å². The third kappa shape index (κ3) is 3.28. The van der Waals surface area contributed by atoms with E-state index in [9.17, 15) is 4.79 Å². The number of aliphatic carboxylic acids is 1. The molecule has 0 amide bonds. The lowest BCUT2D eigenvalue weighted by molar-refractivity contribution is -0.131. The first kappa shape index (κ1) is 13.4. The number of hydrogen-bond acceptors (Lipinski definition) is 3. The van der Waals surface area contributed by atoms with Crippen molar-refractivity contribution < 1.29 is 14.6 Å². The molecule has 1 aliphatic carbocycles. The largest absolute Gasteiger partial charge is 0.478 e. The van der Waals surface area contributed by atoms with Crippen LogP contribution in [0.2, 0.25) is 0 Å². The summed E-state index contributed by atoms with van der Waals surface area (Å²) in [4.78, 5) is 14.6. The Kier molecular flexibility index (Phi) is 3.69. The van der Waals surface area contributed by atoms with E-state index in [-0.39, 0.29) is 0 Å². The molecule has 21 heavy (non-hydrogen) atoms. The summed E-state index contributed by atoms with van der Waals surface area (Å²) in [5, 5.41) is 8.57. The van der Waals surface area contributed by atoms with Crippen molar-refractivity contribution in [3.8, 4) is 11.6 Å². The number of aromatic nitrogens is 1. The standard InChI is InChI=1S/C17H15NO3/c19-17(20)9-5-12-4-8-16(18-11-12)21-15-7-6-13-2-1-3-14(13)10-15/h4-11H,1-3H2,(H,19,20)/b9-5+. The minimum atomic E-state index is -0.978. The number of pyridine rings is 1. The second kappa shape index (κ2) is 5.79. The van der Waals surface area contributed by atoms with E-state index in [0.717, 1.165) is 30.2 Å². The van der Waals surface area contributed by atoms with Crippen molar-refractivity contribution in [1.82, 2.24) is 4.98 Å². The number of carboxylic acids is 1. The van der Waals surface area contributed by atoms with Gasteiger partial charge < -0.3 is 9.84 Å². The molecule has 1 aromatic carbocycles. The number of benzene rings is 1. The number of fused-ring (bicyclic) bond motifs is 1. The van der Waals surface area contributed by atoms with Gasteiger partial charge in [0.2, 0.25) is 5.88 Å². The van der Waals surface area contributed by atoms with Crippen LogP contribution in [-0.2, 0) is 17.6 Å². The Bertz CT molecular complexity index is 690. The van der Waals surface area contributed by atoms with Gasteiger partial charge in [0.05, 0.1) is 0 Å². The molecule has 1 heterocycles. The van der Waals surface area contributed by atoms with E-state index in [4.69, 9.17) is 9.84 Å². The molecule has 1 N–H and O–H groups in total. The molecule has 0 spiro atoms. The summed E-state index contributed by atoms with van der Waals surface area (Å²) in [6, 6.07) is 9.65. The van der Waals surface area contributed by atoms with Gasteiger partial charge in [-0.2, -0.15) is 0 Å². The third-order valence-corrected chi connectivity index (χ3v) is 3.47. The molecule has 3 rings (SSSR count). The Morgan fingerprint density at radius 2 is 2.05 bits per heavy atom. The Hall–Kier alpha value is -2.62. The van der Waals surface area contributed by atoms with E-state index < -0.39 is 5.97 Å². The van der Waals surface area contributed by atoms with Crippen LogP contribution in [0.3, 0.4) is 0 Å². The first-order valence-corrected chi connectivity index (χ1v) is 6.87. The summed E-state index contributed by atoms with van der Waals surface area (Å²) in [7, 11) is 0. The number of carbonyl (C=O) groups is 1. The van der Waals surface area contributed by atoms with Gasteiger partial charge in [0, 0.05) is 18.3 Å². The van der Waals surface area contributed by atoms with E-state index in [0.29, 0.717) is 5.88 Å². The first-order valence-electron chi connectivity index (χ1n) is 6.87. The van der Waals surface area contributed by atoms with Crippen LogP contribution in [0.5, 0.6) is 11.6 Å². The maximum absolute atomic E-state index is 10.4. The second-order valence-corrected chi connectivity index (χ2v) is 4.99. The molecule has 0 fully saturated rings. The van der Waals surface area contributed by atoms with Gasteiger partial charge in [0.15, 0.2) is 0 Å². The van der Waals surface area contributed by atoms with Crippen molar-refractivity contribution >= 4 is 12.0 Å². The van der Waals surface area contributed by atoms with E-state index in [1.54, 1.807) is 18.3 Å². The van der Waals surface area contributed by atoms with Crippen molar-refractivity contribution in [3.63, 3.8) is 0 Å². The van der Waals surface area contributed by atoms with Crippen LogP contribution in [0.15, 0.2) is 42.6 Å². The zero-order chi connectivity index (χ0) is 14.7. The molecule has 2 aromatic rings. The SMILES string of the molecule is O=C(O)/C=C/c1ccc(Oc2ccc3c(c2)CCC3)nc1. The number of ether oxygens (including phenoxy) is 1. The molecule has 0 bridgehead atoms. The van der Waals surface area contributed by atoms with Crippen LogP contribution in [0.4, 0.5) is 0 Å². The lowest BCUT2D eigenvalue weighted by Crippen LogP contribution is -1.90. The highest BCUT2D eigenvalue weighted by Crippen LogP contribution is 2.28. The fourth-order valence-electron chi connectivity index (χ4n) is 2.45. The predicted octanol–water partition coefficient (Wildman–Crippen LogP) is 3.46. The monoisotopic (exact) mass is 281 g/mol. The topological polar surface area (TPSA) is 59.4 Å². The molecule has 1 aliphatic rings. The van der Waals surface area contributed by atoms with Gasteiger partial charge >= 0.3 is 5.97 Å². The molecule has 4 nitrogen and oxygen atoms in total. The number of carboxylic acid groups (broad SMARTS) is 1. The maximum Gasteiger partial charge on any atom is 0.328 e. The smallest absolute Gasteiger partial charge is 0.328 e. The molecular formula is C17H15NO3. The summed E-state index contributed by atoms with van der Waals surface area (Å²) in [6.07, 6.45) is 7.63. The van der Waals surface area contributed by atoms with E-state index in [2.05, 4.69) is 17.1 Å². The van der Waals surface area contributed by atoms with Crippen molar-refractivity contribution in [2.75, 3.05) is 0 Å². The van der Waals surface area contributed by atoms with Crippen molar-refractivity contribution in [1.29, 1.82) is 0 Å². The lowest BCUT2D eigenvalue weighted by atomic mass is 10.1. The predicted molar refractivity (Wildman–Crippen MR) is 79.4 cm³/mol. The molecule has 4 heteroatoms. The van der Waals surface area contributed by atoms with Gasteiger partial charge in [-0.05, 0) is 60.2 Å². The van der Waals surface area contributed by atoms with Gasteiger partial charge in [0.1, 0.15) is 5.75 Å². The molecule has 106 valence electrons. The van der Waals surface area contributed by atoms with Crippen molar-refractivity contribution in [2.24, 2.45) is 0 Å². The zero-order valence-electron chi connectivity index (χ0n) is 11.5. The first-order chi connectivity index (χ1) is 10.2. The zero-order valence-corrected chi connectivity index (χ0v) is 11.5. The van der Waals surface area contributed by atoms with Crippen molar-refractivity contribution in [2.45, 2.75) is 19.3 Å². The van der Waals surface area contributed by atoms with Gasteiger partial charge in [0.25, 0.3) is 0 Å². The number of aryl methyl sites for hydroxylation is 2. The van der Waals surface area contributed by atoms with Crippen LogP contribution in [0.25, 0.3) is 6.08 Å². The minimum absolute atomic E-state index is 0.500. The highest BCUT2D eigenvalue weighted by molar-refractivity contribution is 5.85. The molecule has 0 unspecified atom stereocenters. The van der Waals surface area contributed by atoms with E-state index in [1.807, 2.05) is 6.07 Å². The highest BCUT2D eigenvalue weighted by Gasteiger charge is 2.11. The molecule has 0 saturated carbocycles. The Balaban J connectivity index is 1.72. The van der Waals surface area contributed by atoms with Gasteiger partial charge in [-0.15, -0.1) is 0 Å². The summed E-state index contributed by atoms with van der Waals surface area (Å²) >= 11 is 0. The Morgan fingerprint density at radius 1 is 1.19 bits per heavy atom. The van der Waals surface area contributed by atoms with Gasteiger partial charge in [-0.3, -0.25) is 0 Å². The molecule has 0 radical (unpaired) electrons. The maximum atomic E-state index is 10.4. The summed E-state index contributed by atoms with van der Waals surface area (Å²) in [6.45, 7) is 0. The van der Waals surface area contributed by atoms with Crippen LogP contribution < -0.4 is 4.74 Å². The highest BCUT2D eigenvalue weighted by atomic mass is 16.5. The average Bonchev–Trinajstić information content (AvgIpc) is 2.94. The van der Waals surface area contributed by atoms with Gasteiger partial charge in [-0.25, -0.2) is 9.78 Å². The summed E-state index contributed by atoms with van der Waals surface area (Å²) in [5.74, 6) is 0.311. The lowest BCUT2D eigenvalue weighted by Gasteiger charge is -2.07. The molecule has 0 aliphatic heterocycles. The Morgan fingerprint density at radius 3 is 2.81 bits per heavy atom. The summed E-state index contributed by atoms with van der Waals surface area (Å²) in [5.41, 5.74) is 3.48. The van der Waals surface area contributed by atoms with Crippen LogP contribution >= 0.6 is 0 Å². The molecular weight excluding hydrogens is 266 g/mol. The molecule has 1 aromatic heterocycles. The van der Waals surface area contributed by atoms with Gasteiger partial charge in [-0.1, -0.05) is 6.07 Å². The van der Waals surface area contributed by atoms with Crippen LogP contribution in [-0.4, -0.2) is 16.1 Å². The number of nitrogens with zero attached hydrogens (tertiary/aromatic N) is 1. The van der Waals surface area contributed by atoms with Crippen molar-refractivity contribution in [3.05, 3.63) is 59.3 Å². The average molecular weight is 281 g/mol. The Labute approximate surface area is 122 Å². The molecule has 0 saturated heterocycles. The fourth-order valence-corrected chi connectivity index (χ4v) is 2.45. The van der Waals surface area contributed by atoms with Crippen LogP contribution in [0.1, 0.15) is 23.1 Å². The minimum Gasteiger partial charge on any atom is -0.478 e. The fraction of sp³-hybridized carbons (Fsp3) is 0.176. The number of hydrogen-bond donors (Lipinski definition) is 1. The second-order valence-electron chi connectivity index (χ2n) is 4.99. The number of rotatable bonds is 4. The normalized spacial score (nSPS) is 13.3. The van der Waals surface area contributed by atoms with E-state index >= 15 is 0 Å². The molecule has 0 atom stereocenters. The quantitative estimate of drug-likeness (QED) is 0.872. The third-order valence-electron chi connectivity index (χ3n) is 3.47.